The van der Waals surface area contributed by atoms with Crippen LogP contribution in [0, 0.1) is 5.92 Å². The lowest BCUT2D eigenvalue weighted by Gasteiger charge is -2.08. The molecule has 0 N–H and O–H groups in total. The van der Waals surface area contributed by atoms with E-state index in [1.807, 2.05) is 0 Å². The van der Waals surface area contributed by atoms with E-state index in [9.17, 15) is 9.59 Å². The van der Waals surface area contributed by atoms with E-state index in [-0.39, 0.29) is 0 Å². The highest BCUT2D eigenvalue weighted by Crippen LogP contribution is 2.12. The molecule has 0 bridgehead atoms. The summed E-state index contributed by atoms with van der Waals surface area (Å²) in [4.78, 5) is 22.3. The highest BCUT2D eigenvalue weighted by molar-refractivity contribution is 5.97. The third-order valence-electron chi connectivity index (χ3n) is 2.47. The van der Waals surface area contributed by atoms with Crippen LogP contribution >= 0.6 is 0 Å². The quantitative estimate of drug-likeness (QED) is 0.567. The van der Waals surface area contributed by atoms with Gasteiger partial charge in [-0.05, 0) is 18.4 Å². The van der Waals surface area contributed by atoms with Crippen molar-refractivity contribution in [3.05, 3.63) is 23.5 Å². The summed E-state index contributed by atoms with van der Waals surface area (Å²) in [6.45, 7) is 4.97. The van der Waals surface area contributed by atoms with Crippen molar-refractivity contribution < 1.29 is 14.3 Å². The molecule has 1 heterocycles. The Balaban J connectivity index is 2.90. The van der Waals surface area contributed by atoms with Gasteiger partial charge in [0.05, 0.1) is 18.4 Å². The molecule has 16 heavy (non-hydrogen) atoms. The Kier molecular flexibility index (Phi) is 4.28. The first-order valence-electron chi connectivity index (χ1n) is 5.32. The summed E-state index contributed by atoms with van der Waals surface area (Å²) in [5.74, 6) is 0.0916. The first-order chi connectivity index (χ1) is 7.60. The van der Waals surface area contributed by atoms with Gasteiger partial charge in [0.1, 0.15) is 0 Å². The number of aromatic nitrogens is 1. The Labute approximate surface area is 95.2 Å². The maximum Gasteiger partial charge on any atom is 0.340 e. The van der Waals surface area contributed by atoms with Crippen molar-refractivity contribution in [2.75, 3.05) is 7.11 Å². The van der Waals surface area contributed by atoms with E-state index < -0.39 is 5.97 Å². The van der Waals surface area contributed by atoms with Crippen LogP contribution in [0.3, 0.4) is 0 Å². The third kappa shape index (κ3) is 2.72. The Bertz CT molecular complexity index is 380. The first kappa shape index (κ1) is 12.5. The molecule has 0 aliphatic heterocycles. The van der Waals surface area contributed by atoms with E-state index in [1.165, 1.54) is 7.11 Å². The van der Waals surface area contributed by atoms with Gasteiger partial charge < -0.3 is 9.30 Å². The van der Waals surface area contributed by atoms with Gasteiger partial charge in [-0.25, -0.2) is 4.79 Å². The molecular formula is C12H17NO3. The summed E-state index contributed by atoms with van der Waals surface area (Å²) in [6.07, 6.45) is 3.42. The second-order valence-electron chi connectivity index (χ2n) is 4.10. The van der Waals surface area contributed by atoms with E-state index in [0.717, 1.165) is 13.0 Å². The number of aldehydes is 1. The average Bonchev–Trinajstić information content (AvgIpc) is 2.67. The highest BCUT2D eigenvalue weighted by atomic mass is 16.5. The van der Waals surface area contributed by atoms with Gasteiger partial charge in [-0.1, -0.05) is 13.8 Å². The van der Waals surface area contributed by atoms with Gasteiger partial charge in [0.2, 0.25) is 0 Å². The second-order valence-corrected chi connectivity index (χ2v) is 4.10. The molecule has 1 aromatic rings. The highest BCUT2D eigenvalue weighted by Gasteiger charge is 2.15. The normalized spacial score (nSPS) is 10.5. The zero-order valence-corrected chi connectivity index (χ0v) is 9.90. The number of esters is 1. The minimum absolute atomic E-state index is 0.334. The van der Waals surface area contributed by atoms with Crippen LogP contribution < -0.4 is 0 Å². The Morgan fingerprint density at radius 3 is 2.75 bits per heavy atom. The number of rotatable bonds is 5. The van der Waals surface area contributed by atoms with Crippen LogP contribution in [0.25, 0.3) is 0 Å². The minimum Gasteiger partial charge on any atom is -0.465 e. The Morgan fingerprint density at radius 2 is 2.25 bits per heavy atom. The number of methoxy groups -OCH3 is 1. The molecule has 4 nitrogen and oxygen atoms in total. The van der Waals surface area contributed by atoms with Gasteiger partial charge in [0, 0.05) is 12.7 Å². The van der Waals surface area contributed by atoms with Crippen molar-refractivity contribution in [3.8, 4) is 0 Å². The van der Waals surface area contributed by atoms with Crippen LogP contribution in [0.15, 0.2) is 12.3 Å². The van der Waals surface area contributed by atoms with Gasteiger partial charge in [-0.15, -0.1) is 0 Å². The van der Waals surface area contributed by atoms with Gasteiger partial charge in [0.25, 0.3) is 0 Å². The fraction of sp³-hybridized carbons (Fsp3) is 0.500. The molecule has 0 spiro atoms. The lowest BCUT2D eigenvalue weighted by atomic mass is 10.1. The van der Waals surface area contributed by atoms with Gasteiger partial charge in [-0.3, -0.25) is 4.79 Å². The minimum atomic E-state index is -0.467. The number of carbonyl (C=O) groups is 2. The van der Waals surface area contributed by atoms with Crippen molar-refractivity contribution >= 4 is 12.3 Å². The zero-order chi connectivity index (χ0) is 12.1. The van der Waals surface area contributed by atoms with Crippen LogP contribution in [-0.2, 0) is 11.3 Å². The monoisotopic (exact) mass is 223 g/mol. The van der Waals surface area contributed by atoms with E-state index >= 15 is 0 Å². The Hall–Kier alpha value is -1.58. The summed E-state index contributed by atoms with van der Waals surface area (Å²) in [6, 6.07) is 1.62. The van der Waals surface area contributed by atoms with Crippen LogP contribution in [0.4, 0.5) is 0 Å². The average molecular weight is 223 g/mol. The fourth-order valence-corrected chi connectivity index (χ4v) is 1.49. The van der Waals surface area contributed by atoms with E-state index in [4.69, 9.17) is 0 Å². The largest absolute Gasteiger partial charge is 0.465 e. The lowest BCUT2D eigenvalue weighted by Crippen LogP contribution is -2.09. The molecule has 0 unspecified atom stereocenters. The number of nitrogens with zero attached hydrogens (tertiary/aromatic N) is 1. The summed E-state index contributed by atoms with van der Waals surface area (Å²) in [5, 5.41) is 0. The molecule has 4 heteroatoms. The molecule has 1 aromatic heterocycles. The molecule has 0 saturated carbocycles. The predicted molar refractivity (Wildman–Crippen MR) is 60.6 cm³/mol. The van der Waals surface area contributed by atoms with Gasteiger partial charge in [0.15, 0.2) is 6.29 Å². The summed E-state index contributed by atoms with van der Waals surface area (Å²) in [5.41, 5.74) is 0.730. The molecule has 0 aromatic carbocycles. The van der Waals surface area contributed by atoms with E-state index in [0.29, 0.717) is 23.5 Å². The van der Waals surface area contributed by atoms with Crippen LogP contribution in [0.5, 0.6) is 0 Å². The first-order valence-corrected chi connectivity index (χ1v) is 5.32. The maximum absolute atomic E-state index is 11.4. The number of ether oxygens (including phenoxy) is 1. The van der Waals surface area contributed by atoms with Crippen LogP contribution in [0.2, 0.25) is 0 Å². The molecular weight excluding hydrogens is 206 g/mol. The smallest absolute Gasteiger partial charge is 0.340 e. The molecule has 0 radical (unpaired) electrons. The molecule has 0 fully saturated rings. The van der Waals surface area contributed by atoms with Crippen molar-refractivity contribution in [2.45, 2.75) is 26.8 Å². The summed E-state index contributed by atoms with van der Waals surface area (Å²) >= 11 is 0. The predicted octanol–water partition coefficient (Wildman–Crippen LogP) is 2.13. The SMILES string of the molecule is COC(=O)c1ccn(CCC(C)C)c1C=O. The molecule has 0 aliphatic carbocycles. The van der Waals surface area contributed by atoms with Gasteiger partial charge >= 0.3 is 5.97 Å². The molecule has 0 aliphatic rings. The number of carbonyl (C=O) groups excluding carboxylic acids is 2. The number of hydrogen-bond acceptors (Lipinski definition) is 3. The third-order valence-corrected chi connectivity index (χ3v) is 2.47. The number of hydrogen-bond donors (Lipinski definition) is 0. The van der Waals surface area contributed by atoms with E-state index in [1.54, 1.807) is 16.8 Å². The van der Waals surface area contributed by atoms with Crippen molar-refractivity contribution in [2.24, 2.45) is 5.92 Å². The fourth-order valence-electron chi connectivity index (χ4n) is 1.49. The molecule has 0 amide bonds. The maximum atomic E-state index is 11.4. The number of aryl methyl sites for hydroxylation is 1. The topological polar surface area (TPSA) is 48.3 Å². The molecule has 0 atom stereocenters. The molecule has 88 valence electrons. The van der Waals surface area contributed by atoms with E-state index in [2.05, 4.69) is 18.6 Å². The molecule has 1 rings (SSSR count). The standard InChI is InChI=1S/C12H17NO3/c1-9(2)4-6-13-7-5-10(11(13)8-14)12(15)16-3/h5,7-9H,4,6H2,1-3H3. The summed E-state index contributed by atoms with van der Waals surface area (Å²) in [7, 11) is 1.31. The molecule has 0 saturated heterocycles. The lowest BCUT2D eigenvalue weighted by molar-refractivity contribution is 0.0598. The van der Waals surface area contributed by atoms with Crippen molar-refractivity contribution in [3.63, 3.8) is 0 Å². The summed E-state index contributed by atoms with van der Waals surface area (Å²) < 4.78 is 6.40. The zero-order valence-electron chi connectivity index (χ0n) is 9.90. The Morgan fingerprint density at radius 1 is 1.56 bits per heavy atom. The van der Waals surface area contributed by atoms with Crippen LogP contribution in [-0.4, -0.2) is 23.9 Å². The van der Waals surface area contributed by atoms with Crippen LogP contribution in [0.1, 0.15) is 41.1 Å². The second kappa shape index (κ2) is 5.49. The van der Waals surface area contributed by atoms with Gasteiger partial charge in [-0.2, -0.15) is 0 Å². The van der Waals surface area contributed by atoms with Crippen molar-refractivity contribution in [1.82, 2.24) is 4.57 Å². The van der Waals surface area contributed by atoms with Crippen molar-refractivity contribution in [1.29, 1.82) is 0 Å².